The Morgan fingerprint density at radius 1 is 1.29 bits per heavy atom. The quantitative estimate of drug-likeness (QED) is 0.597. The fourth-order valence-corrected chi connectivity index (χ4v) is 1.95. The van der Waals surface area contributed by atoms with Crippen LogP contribution in [0.4, 0.5) is 10.1 Å². The maximum atomic E-state index is 13.8. The zero-order valence-corrected chi connectivity index (χ0v) is 12.5. The van der Waals surface area contributed by atoms with Crippen LogP contribution in [0.5, 0.6) is 0 Å². The number of carbonyl (C=O) groups excluding carboxylic acids is 1. The predicted molar refractivity (Wildman–Crippen MR) is 84.3 cm³/mol. The first-order chi connectivity index (χ1) is 10.2. The van der Waals surface area contributed by atoms with E-state index >= 15 is 0 Å². The van der Waals surface area contributed by atoms with Crippen molar-refractivity contribution >= 4 is 11.6 Å². The van der Waals surface area contributed by atoms with Gasteiger partial charge in [-0.1, -0.05) is 44.4 Å². The molecule has 0 spiro atoms. The Morgan fingerprint density at radius 2 is 2.05 bits per heavy atom. The molecule has 4 heteroatoms. The van der Waals surface area contributed by atoms with Crippen molar-refractivity contribution < 1.29 is 9.18 Å². The van der Waals surface area contributed by atoms with Crippen LogP contribution in [0.2, 0.25) is 0 Å². The number of halogens is 1. The summed E-state index contributed by atoms with van der Waals surface area (Å²) in [4.78, 5) is 11.7. The van der Waals surface area contributed by atoms with Crippen molar-refractivity contribution in [2.45, 2.75) is 45.4 Å². The first-order valence-corrected chi connectivity index (χ1v) is 7.45. The van der Waals surface area contributed by atoms with Gasteiger partial charge >= 0.3 is 0 Å². The van der Waals surface area contributed by atoms with Crippen molar-refractivity contribution in [2.24, 2.45) is 5.73 Å². The summed E-state index contributed by atoms with van der Waals surface area (Å²) >= 11 is 0. The third kappa shape index (κ3) is 6.92. The van der Waals surface area contributed by atoms with E-state index in [-0.39, 0.29) is 18.1 Å². The minimum absolute atomic E-state index is 0.147. The number of nitrogens with two attached hydrogens (primary N) is 1. The van der Waals surface area contributed by atoms with E-state index in [0.29, 0.717) is 12.0 Å². The molecule has 0 heterocycles. The molecule has 0 radical (unpaired) electrons. The summed E-state index contributed by atoms with van der Waals surface area (Å²) < 4.78 is 13.8. The zero-order chi connectivity index (χ0) is 15.5. The van der Waals surface area contributed by atoms with Crippen LogP contribution >= 0.6 is 0 Å². The van der Waals surface area contributed by atoms with Crippen molar-refractivity contribution in [2.75, 3.05) is 11.9 Å². The SMILES string of the molecule is CCCCCCCC(=O)Nc1ccc(C#CCN)cc1F. The van der Waals surface area contributed by atoms with Gasteiger partial charge in [-0.15, -0.1) is 0 Å². The molecule has 21 heavy (non-hydrogen) atoms. The molecule has 0 aliphatic heterocycles. The average Bonchev–Trinajstić information content (AvgIpc) is 2.47. The second-order valence-corrected chi connectivity index (χ2v) is 4.91. The fraction of sp³-hybridized carbons (Fsp3) is 0.471. The molecule has 0 aliphatic carbocycles. The maximum Gasteiger partial charge on any atom is 0.224 e. The number of carbonyl (C=O) groups is 1. The van der Waals surface area contributed by atoms with Crippen molar-refractivity contribution in [3.8, 4) is 11.8 Å². The lowest BCUT2D eigenvalue weighted by molar-refractivity contribution is -0.116. The van der Waals surface area contributed by atoms with Gasteiger partial charge in [-0.05, 0) is 24.6 Å². The van der Waals surface area contributed by atoms with E-state index in [1.54, 1.807) is 6.07 Å². The molecule has 0 bridgehead atoms. The Bertz CT molecular complexity index is 517. The van der Waals surface area contributed by atoms with Crippen LogP contribution in [0.3, 0.4) is 0 Å². The van der Waals surface area contributed by atoms with Crippen LogP contribution in [0, 0.1) is 17.7 Å². The van der Waals surface area contributed by atoms with Crippen molar-refractivity contribution in [1.29, 1.82) is 0 Å². The molecule has 1 rings (SSSR count). The highest BCUT2D eigenvalue weighted by atomic mass is 19.1. The molecular formula is C17H23FN2O. The summed E-state index contributed by atoms with van der Waals surface area (Å²) in [6, 6.07) is 4.51. The number of amides is 1. The van der Waals surface area contributed by atoms with Crippen LogP contribution in [0.25, 0.3) is 0 Å². The third-order valence-electron chi connectivity index (χ3n) is 3.09. The molecule has 0 aromatic heterocycles. The summed E-state index contributed by atoms with van der Waals surface area (Å²) in [5.41, 5.74) is 6.01. The predicted octanol–water partition coefficient (Wildman–Crippen LogP) is 3.43. The molecule has 3 nitrogen and oxygen atoms in total. The van der Waals surface area contributed by atoms with Gasteiger partial charge in [0.25, 0.3) is 0 Å². The highest BCUT2D eigenvalue weighted by Crippen LogP contribution is 2.16. The van der Waals surface area contributed by atoms with Crippen LogP contribution in [-0.4, -0.2) is 12.5 Å². The molecule has 0 saturated heterocycles. The Kier molecular flexibility index (Phi) is 8.15. The molecular weight excluding hydrogens is 267 g/mol. The Hall–Kier alpha value is -1.86. The van der Waals surface area contributed by atoms with E-state index in [4.69, 9.17) is 5.73 Å². The molecule has 3 N–H and O–H groups in total. The van der Waals surface area contributed by atoms with Crippen molar-refractivity contribution in [3.63, 3.8) is 0 Å². The third-order valence-corrected chi connectivity index (χ3v) is 3.09. The highest BCUT2D eigenvalue weighted by Gasteiger charge is 2.07. The highest BCUT2D eigenvalue weighted by molar-refractivity contribution is 5.90. The Balaban J connectivity index is 2.45. The molecule has 0 saturated carbocycles. The molecule has 0 unspecified atom stereocenters. The number of nitrogens with one attached hydrogen (secondary N) is 1. The summed E-state index contributed by atoms with van der Waals surface area (Å²) in [6.45, 7) is 2.38. The van der Waals surface area contributed by atoms with Gasteiger partial charge in [-0.2, -0.15) is 0 Å². The van der Waals surface area contributed by atoms with E-state index in [0.717, 1.165) is 19.3 Å². The Morgan fingerprint density at radius 3 is 2.71 bits per heavy atom. The van der Waals surface area contributed by atoms with Crippen LogP contribution < -0.4 is 11.1 Å². The van der Waals surface area contributed by atoms with Gasteiger partial charge in [0.05, 0.1) is 12.2 Å². The number of unbranched alkanes of at least 4 members (excludes halogenated alkanes) is 4. The van der Waals surface area contributed by atoms with Gasteiger partial charge in [0, 0.05) is 12.0 Å². The number of hydrogen-bond donors (Lipinski definition) is 2. The monoisotopic (exact) mass is 290 g/mol. The van der Waals surface area contributed by atoms with Gasteiger partial charge in [0.2, 0.25) is 5.91 Å². The number of anilines is 1. The molecule has 1 aromatic carbocycles. The molecule has 0 aliphatic rings. The summed E-state index contributed by atoms with van der Waals surface area (Å²) in [7, 11) is 0. The maximum absolute atomic E-state index is 13.8. The average molecular weight is 290 g/mol. The van der Waals surface area contributed by atoms with Gasteiger partial charge < -0.3 is 11.1 Å². The zero-order valence-electron chi connectivity index (χ0n) is 12.5. The van der Waals surface area contributed by atoms with Gasteiger partial charge in [-0.3, -0.25) is 4.79 Å². The Labute approximate surface area is 126 Å². The standard InChI is InChI=1S/C17H23FN2O/c1-2-3-4-5-6-9-17(21)20-16-11-10-14(8-7-12-19)13-15(16)18/h10-11,13H,2-6,9,12,19H2,1H3,(H,20,21). The number of rotatable bonds is 7. The summed E-state index contributed by atoms with van der Waals surface area (Å²) in [5, 5.41) is 2.60. The smallest absolute Gasteiger partial charge is 0.224 e. The first kappa shape index (κ1) is 17.2. The first-order valence-electron chi connectivity index (χ1n) is 7.45. The number of hydrogen-bond acceptors (Lipinski definition) is 2. The minimum Gasteiger partial charge on any atom is -0.324 e. The molecule has 114 valence electrons. The minimum atomic E-state index is -0.474. The van der Waals surface area contributed by atoms with E-state index in [1.165, 1.54) is 25.0 Å². The second kappa shape index (κ2) is 9.95. The molecule has 0 atom stereocenters. The van der Waals surface area contributed by atoms with Crippen molar-refractivity contribution in [1.82, 2.24) is 0 Å². The van der Waals surface area contributed by atoms with Gasteiger partial charge in [0.15, 0.2) is 0 Å². The lowest BCUT2D eigenvalue weighted by atomic mass is 10.1. The normalized spacial score (nSPS) is 9.86. The van der Waals surface area contributed by atoms with E-state index < -0.39 is 5.82 Å². The van der Waals surface area contributed by atoms with E-state index in [9.17, 15) is 9.18 Å². The molecule has 1 aromatic rings. The molecule has 0 fully saturated rings. The fourth-order valence-electron chi connectivity index (χ4n) is 1.95. The number of benzene rings is 1. The van der Waals surface area contributed by atoms with Gasteiger partial charge in [0.1, 0.15) is 5.82 Å². The lowest BCUT2D eigenvalue weighted by Crippen LogP contribution is -2.12. The topological polar surface area (TPSA) is 55.1 Å². The van der Waals surface area contributed by atoms with E-state index in [1.807, 2.05) is 0 Å². The van der Waals surface area contributed by atoms with Crippen molar-refractivity contribution in [3.05, 3.63) is 29.6 Å². The van der Waals surface area contributed by atoms with E-state index in [2.05, 4.69) is 24.1 Å². The lowest BCUT2D eigenvalue weighted by Gasteiger charge is -2.06. The van der Waals surface area contributed by atoms with Crippen LogP contribution in [-0.2, 0) is 4.79 Å². The van der Waals surface area contributed by atoms with Gasteiger partial charge in [-0.25, -0.2) is 4.39 Å². The molecule has 1 amide bonds. The summed E-state index contributed by atoms with van der Waals surface area (Å²) in [5.74, 6) is 4.79. The van der Waals surface area contributed by atoms with Crippen LogP contribution in [0.15, 0.2) is 18.2 Å². The second-order valence-electron chi connectivity index (χ2n) is 4.91. The summed E-state index contributed by atoms with van der Waals surface area (Å²) in [6.07, 6.45) is 5.83. The van der Waals surface area contributed by atoms with Crippen LogP contribution in [0.1, 0.15) is 51.0 Å². The largest absolute Gasteiger partial charge is 0.324 e.